The van der Waals surface area contributed by atoms with Crippen molar-refractivity contribution in [3.05, 3.63) is 68.6 Å². The normalized spacial score (nSPS) is 11.0. The van der Waals surface area contributed by atoms with Crippen LogP contribution in [0.2, 0.25) is 0 Å². The van der Waals surface area contributed by atoms with Gasteiger partial charge < -0.3 is 9.84 Å². The van der Waals surface area contributed by atoms with Crippen molar-refractivity contribution >= 4 is 54.8 Å². The fourth-order valence-corrected chi connectivity index (χ4v) is 3.67. The molecule has 0 aliphatic rings. The van der Waals surface area contributed by atoms with Crippen LogP contribution in [0.4, 0.5) is 0 Å². The summed E-state index contributed by atoms with van der Waals surface area (Å²) < 4.78 is 6.38. The Kier molecular flexibility index (Phi) is 5.58. The average Bonchev–Trinajstić information content (AvgIpc) is 2.64. The number of hydrazone groups is 1. The molecule has 3 aromatic rings. The molecule has 0 radical (unpaired) electrons. The molecule has 0 bridgehead atoms. The van der Waals surface area contributed by atoms with Crippen molar-refractivity contribution in [1.29, 1.82) is 0 Å². The first-order valence-electron chi connectivity index (χ1n) is 7.58. The van der Waals surface area contributed by atoms with Gasteiger partial charge in [-0.1, -0.05) is 24.3 Å². The van der Waals surface area contributed by atoms with Crippen LogP contribution >= 0.6 is 31.9 Å². The number of aromatic hydroxyl groups is 1. The Morgan fingerprint density at radius 3 is 2.35 bits per heavy atom. The average molecular weight is 478 g/mol. The lowest BCUT2D eigenvalue weighted by Gasteiger charge is -2.09. The molecule has 0 fully saturated rings. The highest BCUT2D eigenvalue weighted by Crippen LogP contribution is 2.32. The van der Waals surface area contributed by atoms with Crippen LogP contribution in [0, 0.1) is 0 Å². The van der Waals surface area contributed by atoms with Crippen LogP contribution in [-0.4, -0.2) is 24.3 Å². The van der Waals surface area contributed by atoms with Crippen LogP contribution in [0.15, 0.2) is 62.6 Å². The van der Waals surface area contributed by atoms with Crippen LogP contribution in [0.5, 0.6) is 11.5 Å². The fourth-order valence-electron chi connectivity index (χ4n) is 2.45. The molecule has 26 heavy (non-hydrogen) atoms. The first-order chi connectivity index (χ1) is 12.5. The number of benzene rings is 3. The lowest BCUT2D eigenvalue weighted by molar-refractivity contribution is 0.0952. The molecule has 2 N–H and O–H groups in total. The van der Waals surface area contributed by atoms with Crippen LogP contribution in [0.25, 0.3) is 10.8 Å². The molecule has 0 saturated heterocycles. The van der Waals surface area contributed by atoms with E-state index in [1.54, 1.807) is 18.2 Å². The molecule has 0 saturated carbocycles. The number of halogens is 2. The van der Waals surface area contributed by atoms with E-state index < -0.39 is 0 Å². The van der Waals surface area contributed by atoms with E-state index in [2.05, 4.69) is 42.4 Å². The number of phenolic OH excluding ortho intramolecular Hbond substituents is 1. The Bertz CT molecular complexity index is 996. The predicted octanol–water partition coefficient (Wildman–Crippen LogP) is 4.84. The number of fused-ring (bicyclic) bond motifs is 1. The molecule has 0 aromatic heterocycles. The summed E-state index contributed by atoms with van der Waals surface area (Å²) in [6, 6.07) is 14.7. The van der Waals surface area contributed by atoms with Gasteiger partial charge in [-0.25, -0.2) is 5.43 Å². The second-order valence-corrected chi connectivity index (χ2v) is 7.14. The summed E-state index contributed by atoms with van der Waals surface area (Å²) in [5.41, 5.74) is 3.60. The van der Waals surface area contributed by atoms with Gasteiger partial charge in [0.15, 0.2) is 0 Å². The maximum Gasteiger partial charge on any atom is 0.275 e. The number of ether oxygens (including phenoxy) is 1. The molecule has 3 aromatic carbocycles. The molecule has 3 rings (SSSR count). The largest absolute Gasteiger partial charge is 0.506 e. The van der Waals surface area contributed by atoms with Crippen LogP contribution in [-0.2, 0) is 0 Å². The molecule has 0 spiro atoms. The third kappa shape index (κ3) is 3.89. The molecule has 0 unspecified atom stereocenters. The number of nitrogens with zero attached hydrogens (tertiary/aromatic N) is 1. The van der Waals surface area contributed by atoms with Crippen LogP contribution in [0.1, 0.15) is 15.9 Å². The molecule has 1 amide bonds. The quantitative estimate of drug-likeness (QED) is 0.417. The number of carbonyl (C=O) groups excluding carboxylic acids is 1. The summed E-state index contributed by atoms with van der Waals surface area (Å²) in [5.74, 6) is 0.208. The smallest absolute Gasteiger partial charge is 0.275 e. The zero-order valence-electron chi connectivity index (χ0n) is 13.7. The molecule has 0 aliphatic carbocycles. The van der Waals surface area contributed by atoms with E-state index in [1.807, 2.05) is 30.3 Å². The van der Waals surface area contributed by atoms with Gasteiger partial charge in [0, 0.05) is 0 Å². The minimum atomic E-state index is -0.374. The number of phenols is 1. The van der Waals surface area contributed by atoms with Gasteiger partial charge >= 0.3 is 0 Å². The molecule has 0 heterocycles. The summed E-state index contributed by atoms with van der Waals surface area (Å²) in [7, 11) is 1.52. The minimum absolute atomic E-state index is 0.104. The second-order valence-electron chi connectivity index (χ2n) is 5.43. The molecule has 0 atom stereocenters. The van der Waals surface area contributed by atoms with E-state index in [-0.39, 0.29) is 11.7 Å². The maximum atomic E-state index is 12.5. The third-order valence-corrected chi connectivity index (χ3v) is 4.94. The van der Waals surface area contributed by atoms with Gasteiger partial charge in [-0.05, 0) is 72.5 Å². The van der Waals surface area contributed by atoms with Crippen molar-refractivity contribution < 1.29 is 14.6 Å². The summed E-state index contributed by atoms with van der Waals surface area (Å²) in [5, 5.41) is 15.6. The van der Waals surface area contributed by atoms with Crippen molar-refractivity contribution in [3.8, 4) is 11.5 Å². The van der Waals surface area contributed by atoms with E-state index in [9.17, 15) is 9.90 Å². The van der Waals surface area contributed by atoms with E-state index in [4.69, 9.17) is 4.74 Å². The van der Waals surface area contributed by atoms with Crippen LogP contribution in [0.3, 0.4) is 0 Å². The second kappa shape index (κ2) is 7.88. The van der Waals surface area contributed by atoms with Gasteiger partial charge in [-0.2, -0.15) is 5.10 Å². The SMILES string of the molecule is COc1cc2ccccc2cc1C(=O)N/N=C\c1cc(Br)c(O)c(Br)c1. The number of methoxy groups -OCH3 is 1. The summed E-state index contributed by atoms with van der Waals surface area (Å²) in [6.45, 7) is 0. The van der Waals surface area contributed by atoms with E-state index >= 15 is 0 Å². The Morgan fingerprint density at radius 1 is 1.12 bits per heavy atom. The first-order valence-corrected chi connectivity index (χ1v) is 9.16. The first kappa shape index (κ1) is 18.4. The standard InChI is InChI=1S/C19H14Br2N2O3/c1-26-17-9-13-5-3-2-4-12(13)8-14(17)19(25)23-22-10-11-6-15(20)18(24)16(21)7-11/h2-10,24H,1H3,(H,23,25)/b22-10-. The number of rotatable bonds is 4. The predicted molar refractivity (Wildman–Crippen MR) is 109 cm³/mol. The lowest BCUT2D eigenvalue weighted by Crippen LogP contribution is -2.18. The highest BCUT2D eigenvalue weighted by atomic mass is 79.9. The van der Waals surface area contributed by atoms with Gasteiger partial charge in [-0.3, -0.25) is 4.79 Å². The molecule has 5 nitrogen and oxygen atoms in total. The topological polar surface area (TPSA) is 70.9 Å². The Balaban J connectivity index is 1.83. The number of amides is 1. The Hall–Kier alpha value is -2.38. The van der Waals surface area contributed by atoms with Gasteiger partial charge in [-0.15, -0.1) is 0 Å². The number of hydrogen-bond donors (Lipinski definition) is 2. The van der Waals surface area contributed by atoms with Crippen molar-refractivity contribution in [3.63, 3.8) is 0 Å². The molecule has 0 aliphatic heterocycles. The lowest BCUT2D eigenvalue weighted by atomic mass is 10.1. The number of carbonyl (C=O) groups is 1. The van der Waals surface area contributed by atoms with Crippen molar-refractivity contribution in [1.82, 2.24) is 5.43 Å². The van der Waals surface area contributed by atoms with Gasteiger partial charge in [0.25, 0.3) is 5.91 Å². The molecular formula is C19H14Br2N2O3. The van der Waals surface area contributed by atoms with Gasteiger partial charge in [0.2, 0.25) is 0 Å². The van der Waals surface area contributed by atoms with Crippen molar-refractivity contribution in [2.45, 2.75) is 0 Å². The third-order valence-electron chi connectivity index (χ3n) is 3.73. The zero-order valence-corrected chi connectivity index (χ0v) is 16.8. The monoisotopic (exact) mass is 476 g/mol. The summed E-state index contributed by atoms with van der Waals surface area (Å²) in [6.07, 6.45) is 1.49. The molecule has 7 heteroatoms. The number of hydrogen-bond acceptors (Lipinski definition) is 4. The maximum absolute atomic E-state index is 12.5. The fraction of sp³-hybridized carbons (Fsp3) is 0.0526. The summed E-state index contributed by atoms with van der Waals surface area (Å²) >= 11 is 6.50. The molecular weight excluding hydrogens is 464 g/mol. The highest BCUT2D eigenvalue weighted by Gasteiger charge is 2.13. The Labute approximate surface area is 166 Å². The van der Waals surface area contributed by atoms with E-state index in [0.29, 0.717) is 25.8 Å². The highest BCUT2D eigenvalue weighted by molar-refractivity contribution is 9.11. The van der Waals surface area contributed by atoms with E-state index in [1.165, 1.54) is 13.3 Å². The Morgan fingerprint density at radius 2 is 1.73 bits per heavy atom. The summed E-state index contributed by atoms with van der Waals surface area (Å²) in [4.78, 5) is 12.5. The van der Waals surface area contributed by atoms with Gasteiger partial charge in [0.05, 0.1) is 27.8 Å². The zero-order chi connectivity index (χ0) is 18.7. The van der Waals surface area contributed by atoms with Crippen molar-refractivity contribution in [2.75, 3.05) is 7.11 Å². The van der Waals surface area contributed by atoms with E-state index in [0.717, 1.165) is 10.8 Å². The van der Waals surface area contributed by atoms with Crippen LogP contribution < -0.4 is 10.2 Å². The molecule has 132 valence electrons. The van der Waals surface area contributed by atoms with Crippen molar-refractivity contribution in [2.24, 2.45) is 5.10 Å². The van der Waals surface area contributed by atoms with Gasteiger partial charge in [0.1, 0.15) is 11.5 Å². The minimum Gasteiger partial charge on any atom is -0.506 e. The number of nitrogens with one attached hydrogen (secondary N) is 1.